The zero-order valence-corrected chi connectivity index (χ0v) is 8.14. The van der Waals surface area contributed by atoms with Gasteiger partial charge in [-0.25, -0.2) is 0 Å². The molecule has 3 heteroatoms. The van der Waals surface area contributed by atoms with E-state index in [0.717, 1.165) is 21.8 Å². The van der Waals surface area contributed by atoms with Crippen molar-refractivity contribution in [3.8, 4) is 10.6 Å². The van der Waals surface area contributed by atoms with E-state index >= 15 is 0 Å². The summed E-state index contributed by atoms with van der Waals surface area (Å²) in [4.78, 5) is 5.39. The lowest BCUT2D eigenvalue weighted by molar-refractivity contribution is 1.30. The predicted molar refractivity (Wildman–Crippen MR) is 56.7 cm³/mol. The third kappa shape index (κ3) is 1.42. The molecule has 2 nitrogen and oxygen atoms in total. The summed E-state index contributed by atoms with van der Waals surface area (Å²) >= 11 is 1.66. The lowest BCUT2D eigenvalue weighted by Gasteiger charge is -2.03. The van der Waals surface area contributed by atoms with Crippen molar-refractivity contribution in [3.05, 3.63) is 35.3 Å². The molecule has 0 atom stereocenters. The van der Waals surface area contributed by atoms with Gasteiger partial charge in [-0.3, -0.25) is 4.98 Å². The molecule has 0 amide bonds. The average Bonchev–Trinajstić information content (AvgIpc) is 2.62. The minimum atomic E-state index is 0.782. The molecule has 2 aromatic rings. The van der Waals surface area contributed by atoms with E-state index in [1.165, 1.54) is 0 Å². The van der Waals surface area contributed by atoms with E-state index in [0.29, 0.717) is 0 Å². The van der Waals surface area contributed by atoms with Crippen molar-refractivity contribution in [2.24, 2.45) is 0 Å². The van der Waals surface area contributed by atoms with Gasteiger partial charge in [-0.1, -0.05) is 6.07 Å². The van der Waals surface area contributed by atoms with E-state index < -0.39 is 0 Å². The minimum Gasteiger partial charge on any atom is -0.397 e. The van der Waals surface area contributed by atoms with Crippen LogP contribution in [0.1, 0.15) is 5.56 Å². The highest BCUT2D eigenvalue weighted by atomic mass is 32.1. The third-order valence-electron chi connectivity index (χ3n) is 1.96. The maximum absolute atomic E-state index is 5.92. The number of hydrogen-bond acceptors (Lipinski definition) is 3. The van der Waals surface area contributed by atoms with Crippen LogP contribution in [0.3, 0.4) is 0 Å². The first-order valence-electron chi connectivity index (χ1n) is 4.04. The number of hydrogen-bond donors (Lipinski definition) is 1. The molecule has 0 aliphatic rings. The number of anilines is 1. The summed E-state index contributed by atoms with van der Waals surface area (Å²) in [6.45, 7) is 1.99. The Labute approximate surface area is 81.1 Å². The van der Waals surface area contributed by atoms with E-state index in [1.807, 2.05) is 30.5 Å². The van der Waals surface area contributed by atoms with E-state index in [-0.39, 0.29) is 0 Å². The zero-order chi connectivity index (χ0) is 9.26. The van der Waals surface area contributed by atoms with Gasteiger partial charge in [0, 0.05) is 6.20 Å². The Kier molecular flexibility index (Phi) is 2.02. The molecule has 2 N–H and O–H groups in total. The maximum Gasteiger partial charge on any atom is 0.103 e. The molecule has 0 spiro atoms. The van der Waals surface area contributed by atoms with Crippen molar-refractivity contribution in [1.82, 2.24) is 4.98 Å². The molecule has 0 aromatic carbocycles. The van der Waals surface area contributed by atoms with E-state index in [2.05, 4.69) is 4.98 Å². The quantitative estimate of drug-likeness (QED) is 0.751. The molecule has 0 aliphatic heterocycles. The highest BCUT2D eigenvalue weighted by molar-refractivity contribution is 7.13. The van der Waals surface area contributed by atoms with Gasteiger partial charge in [-0.2, -0.15) is 0 Å². The lowest BCUT2D eigenvalue weighted by Crippen LogP contribution is -1.94. The Balaban J connectivity index is 2.59. The molecule has 2 rings (SSSR count). The van der Waals surface area contributed by atoms with Crippen molar-refractivity contribution in [2.75, 3.05) is 5.73 Å². The number of pyridine rings is 1. The normalized spacial score (nSPS) is 10.2. The highest BCUT2D eigenvalue weighted by Crippen LogP contribution is 2.28. The first-order valence-corrected chi connectivity index (χ1v) is 4.92. The Hall–Kier alpha value is -1.35. The van der Waals surface area contributed by atoms with Crippen LogP contribution in [0.25, 0.3) is 10.6 Å². The van der Waals surface area contributed by atoms with Gasteiger partial charge in [-0.05, 0) is 30.0 Å². The number of rotatable bonds is 1. The van der Waals surface area contributed by atoms with Gasteiger partial charge in [-0.15, -0.1) is 11.3 Å². The highest BCUT2D eigenvalue weighted by Gasteiger charge is 2.05. The number of aryl methyl sites for hydroxylation is 1. The summed E-state index contributed by atoms with van der Waals surface area (Å²) < 4.78 is 0. The van der Waals surface area contributed by atoms with Crippen molar-refractivity contribution in [1.29, 1.82) is 0 Å². The van der Waals surface area contributed by atoms with Gasteiger partial charge < -0.3 is 5.73 Å². The lowest BCUT2D eigenvalue weighted by atomic mass is 10.2. The summed E-state index contributed by atoms with van der Waals surface area (Å²) in [5.41, 5.74) is 8.68. The first-order chi connectivity index (χ1) is 6.29. The summed E-state index contributed by atoms with van der Waals surface area (Å²) in [5.74, 6) is 0. The molecule has 66 valence electrons. The number of nitrogen functional groups attached to an aromatic ring is 1. The molecule has 0 saturated carbocycles. The van der Waals surface area contributed by atoms with Gasteiger partial charge in [0.05, 0.1) is 10.6 Å². The molecule has 2 heterocycles. The molecule has 0 saturated heterocycles. The summed E-state index contributed by atoms with van der Waals surface area (Å²) in [5, 5.41) is 2.03. The van der Waals surface area contributed by atoms with Crippen LogP contribution >= 0.6 is 11.3 Å². The van der Waals surface area contributed by atoms with Crippen LogP contribution in [0, 0.1) is 6.92 Å². The molecule has 0 unspecified atom stereocenters. The van der Waals surface area contributed by atoms with Crippen LogP contribution in [0.5, 0.6) is 0 Å². The van der Waals surface area contributed by atoms with Crippen molar-refractivity contribution < 1.29 is 0 Å². The van der Waals surface area contributed by atoms with Crippen molar-refractivity contribution >= 4 is 17.0 Å². The standard InChI is InChI=1S/C10H10N2S/c1-7-4-5-12-10(9(7)11)8-3-2-6-13-8/h2-6H,11H2,1H3. The van der Waals surface area contributed by atoms with Gasteiger partial charge >= 0.3 is 0 Å². The van der Waals surface area contributed by atoms with Crippen LogP contribution in [-0.2, 0) is 0 Å². The fourth-order valence-corrected chi connectivity index (χ4v) is 1.91. The van der Waals surface area contributed by atoms with Crippen LogP contribution in [0.15, 0.2) is 29.8 Å². The fraction of sp³-hybridized carbons (Fsp3) is 0.100. The average molecular weight is 190 g/mol. The minimum absolute atomic E-state index is 0.782. The number of nitrogens with two attached hydrogens (primary N) is 1. The third-order valence-corrected chi connectivity index (χ3v) is 2.84. The van der Waals surface area contributed by atoms with Crippen LogP contribution in [0.4, 0.5) is 5.69 Å². The second-order valence-corrected chi connectivity index (χ2v) is 3.82. The fourth-order valence-electron chi connectivity index (χ4n) is 1.18. The largest absolute Gasteiger partial charge is 0.397 e. The van der Waals surface area contributed by atoms with Gasteiger partial charge in [0.1, 0.15) is 5.69 Å². The van der Waals surface area contributed by atoms with Crippen LogP contribution in [0.2, 0.25) is 0 Å². The van der Waals surface area contributed by atoms with Crippen LogP contribution in [-0.4, -0.2) is 4.98 Å². The molecular formula is C10H10N2S. The smallest absolute Gasteiger partial charge is 0.103 e. The monoisotopic (exact) mass is 190 g/mol. The van der Waals surface area contributed by atoms with Gasteiger partial charge in [0.2, 0.25) is 0 Å². The van der Waals surface area contributed by atoms with Gasteiger partial charge in [0.25, 0.3) is 0 Å². The van der Waals surface area contributed by atoms with E-state index in [4.69, 9.17) is 5.73 Å². The molecule has 0 aliphatic carbocycles. The van der Waals surface area contributed by atoms with E-state index in [1.54, 1.807) is 17.5 Å². The Morgan fingerprint density at radius 3 is 2.92 bits per heavy atom. The molecule has 13 heavy (non-hydrogen) atoms. The predicted octanol–water partition coefficient (Wildman–Crippen LogP) is 2.70. The number of aromatic nitrogens is 1. The van der Waals surface area contributed by atoms with Crippen molar-refractivity contribution in [2.45, 2.75) is 6.92 Å². The number of thiophene rings is 1. The number of nitrogens with zero attached hydrogens (tertiary/aromatic N) is 1. The molecule has 0 fully saturated rings. The summed E-state index contributed by atoms with van der Waals surface area (Å²) in [6, 6.07) is 5.96. The molecule has 0 bridgehead atoms. The summed E-state index contributed by atoms with van der Waals surface area (Å²) in [6.07, 6.45) is 1.79. The molecule has 0 radical (unpaired) electrons. The second kappa shape index (κ2) is 3.18. The second-order valence-electron chi connectivity index (χ2n) is 2.87. The van der Waals surface area contributed by atoms with Crippen molar-refractivity contribution in [3.63, 3.8) is 0 Å². The molecule has 2 aromatic heterocycles. The van der Waals surface area contributed by atoms with Gasteiger partial charge in [0.15, 0.2) is 0 Å². The SMILES string of the molecule is Cc1ccnc(-c2cccs2)c1N. The Bertz CT molecular complexity index is 407. The Morgan fingerprint density at radius 2 is 2.23 bits per heavy atom. The first kappa shape index (κ1) is 8.26. The van der Waals surface area contributed by atoms with Crippen LogP contribution < -0.4 is 5.73 Å². The summed E-state index contributed by atoms with van der Waals surface area (Å²) in [7, 11) is 0. The molecular weight excluding hydrogens is 180 g/mol. The van der Waals surface area contributed by atoms with E-state index in [9.17, 15) is 0 Å². The Morgan fingerprint density at radius 1 is 1.38 bits per heavy atom. The zero-order valence-electron chi connectivity index (χ0n) is 7.32. The topological polar surface area (TPSA) is 38.9 Å². The maximum atomic E-state index is 5.92.